The maximum Gasteiger partial charge on any atom is 0.379 e. The molecule has 17 heavy (non-hydrogen) atoms. The van der Waals surface area contributed by atoms with E-state index in [1.54, 1.807) is 0 Å². The van der Waals surface area contributed by atoms with Gasteiger partial charge in [0.2, 0.25) is 5.91 Å². The Morgan fingerprint density at radius 1 is 1.41 bits per heavy atom. The molecule has 88 valence electrons. The first-order valence-electron chi connectivity index (χ1n) is 4.78. The van der Waals surface area contributed by atoms with Crippen molar-refractivity contribution in [3.63, 3.8) is 0 Å². The summed E-state index contributed by atoms with van der Waals surface area (Å²) < 4.78 is 4.33. The summed E-state index contributed by atoms with van der Waals surface area (Å²) in [6, 6.07) is 2.90. The van der Waals surface area contributed by atoms with E-state index in [1.807, 2.05) is 0 Å². The number of carbonyl (C=O) groups excluding carboxylic acids is 3. The number of halogens is 1. The smallest absolute Gasteiger partial charge is 0.379 e. The summed E-state index contributed by atoms with van der Waals surface area (Å²) in [4.78, 5) is 33.9. The van der Waals surface area contributed by atoms with Crippen molar-refractivity contribution in [2.75, 3.05) is 12.4 Å². The Labute approximate surface area is 102 Å². The number of methoxy groups -OCH3 is 1. The minimum absolute atomic E-state index is 0.0498. The summed E-state index contributed by atoms with van der Waals surface area (Å²) in [6.07, 6.45) is 0.175. The predicted molar refractivity (Wildman–Crippen MR) is 60.1 cm³/mol. The van der Waals surface area contributed by atoms with Gasteiger partial charge in [-0.3, -0.25) is 9.59 Å². The van der Waals surface area contributed by atoms with E-state index < -0.39 is 11.8 Å². The average Bonchev–Trinajstić information content (AvgIpc) is 2.65. The van der Waals surface area contributed by atoms with Crippen LogP contribution in [-0.2, 0) is 20.7 Å². The molecule has 1 heterocycles. The van der Waals surface area contributed by atoms with Crippen molar-refractivity contribution in [3.8, 4) is 0 Å². The third kappa shape index (κ3) is 2.01. The van der Waals surface area contributed by atoms with Gasteiger partial charge in [-0.25, -0.2) is 4.79 Å². The second kappa shape index (κ2) is 4.18. The maximum atomic E-state index is 11.6. The third-order valence-corrected chi connectivity index (χ3v) is 2.75. The van der Waals surface area contributed by atoms with E-state index >= 15 is 0 Å². The topological polar surface area (TPSA) is 72.5 Å². The highest BCUT2D eigenvalue weighted by Crippen LogP contribution is 2.30. The van der Waals surface area contributed by atoms with Gasteiger partial charge in [-0.15, -0.1) is 0 Å². The molecule has 1 aromatic rings. The van der Waals surface area contributed by atoms with Gasteiger partial charge in [-0.2, -0.15) is 0 Å². The molecule has 0 bridgehead atoms. The normalized spacial score (nSPS) is 12.9. The predicted octanol–water partition coefficient (Wildman–Crippen LogP) is 1.19. The summed E-state index contributed by atoms with van der Waals surface area (Å²) in [7, 11) is 1.12. The molecule has 0 radical (unpaired) electrons. The lowest BCUT2D eigenvalue weighted by Gasteiger charge is -2.05. The molecule has 5 nitrogen and oxygen atoms in total. The highest BCUT2D eigenvalue weighted by molar-refractivity contribution is 6.45. The number of amides is 1. The van der Waals surface area contributed by atoms with E-state index in [9.17, 15) is 14.4 Å². The summed E-state index contributed by atoms with van der Waals surface area (Å²) in [6.45, 7) is 0. The molecule has 1 N–H and O–H groups in total. The minimum atomic E-state index is -0.982. The van der Waals surface area contributed by atoms with E-state index in [0.29, 0.717) is 11.3 Å². The third-order valence-electron chi connectivity index (χ3n) is 2.43. The molecule has 1 aliphatic heterocycles. The lowest BCUT2D eigenvalue weighted by molar-refractivity contribution is -0.135. The van der Waals surface area contributed by atoms with Crippen LogP contribution in [0.5, 0.6) is 0 Å². The lowest BCUT2D eigenvalue weighted by atomic mass is 10.1. The SMILES string of the molecule is COC(=O)C(=O)c1cc2c(cc1Cl)NC(=O)C2. The van der Waals surface area contributed by atoms with Crippen LogP contribution in [0.15, 0.2) is 12.1 Å². The molecule has 6 heteroatoms. The molecule has 0 aliphatic carbocycles. The van der Waals surface area contributed by atoms with E-state index in [-0.39, 0.29) is 22.9 Å². The van der Waals surface area contributed by atoms with Crippen LogP contribution < -0.4 is 5.32 Å². The number of anilines is 1. The zero-order valence-electron chi connectivity index (χ0n) is 8.87. The van der Waals surface area contributed by atoms with Crippen molar-refractivity contribution in [3.05, 3.63) is 28.3 Å². The van der Waals surface area contributed by atoms with Crippen molar-refractivity contribution < 1.29 is 19.1 Å². The van der Waals surface area contributed by atoms with Crippen LogP contribution in [0.3, 0.4) is 0 Å². The van der Waals surface area contributed by atoms with Gasteiger partial charge in [0.25, 0.3) is 5.78 Å². The zero-order chi connectivity index (χ0) is 12.6. The number of esters is 1. The van der Waals surface area contributed by atoms with Crippen molar-refractivity contribution >= 4 is 34.9 Å². The van der Waals surface area contributed by atoms with Crippen molar-refractivity contribution in [1.29, 1.82) is 0 Å². The molecule has 0 saturated heterocycles. The van der Waals surface area contributed by atoms with Crippen LogP contribution in [0, 0.1) is 0 Å². The Balaban J connectivity index is 2.44. The van der Waals surface area contributed by atoms with Crippen molar-refractivity contribution in [2.24, 2.45) is 0 Å². The summed E-state index contributed by atoms with van der Waals surface area (Å²) in [5.41, 5.74) is 1.27. The van der Waals surface area contributed by atoms with Gasteiger partial charge in [0, 0.05) is 11.3 Å². The number of ether oxygens (including phenoxy) is 1. The zero-order valence-corrected chi connectivity index (χ0v) is 9.63. The highest BCUT2D eigenvalue weighted by atomic mass is 35.5. The number of rotatable bonds is 2. The molecule has 0 spiro atoms. The lowest BCUT2D eigenvalue weighted by Crippen LogP contribution is -2.16. The first kappa shape index (κ1) is 11.6. The summed E-state index contributed by atoms with van der Waals surface area (Å²) >= 11 is 5.87. The average molecular weight is 254 g/mol. The van der Waals surface area contributed by atoms with Crippen molar-refractivity contribution in [1.82, 2.24) is 0 Å². The summed E-state index contributed by atoms with van der Waals surface area (Å²) in [5, 5.41) is 2.71. The largest absolute Gasteiger partial charge is 0.463 e. The minimum Gasteiger partial charge on any atom is -0.463 e. The fourth-order valence-electron chi connectivity index (χ4n) is 1.62. The van der Waals surface area contributed by atoms with Crippen LogP contribution in [0.1, 0.15) is 15.9 Å². The standard InChI is InChI=1S/C11H8ClNO4/c1-17-11(16)10(15)6-2-5-3-9(14)13-8(5)4-7(6)12/h2,4H,3H2,1H3,(H,13,14). The van der Waals surface area contributed by atoms with Gasteiger partial charge in [0.15, 0.2) is 0 Å². The van der Waals surface area contributed by atoms with Gasteiger partial charge in [0.05, 0.1) is 18.6 Å². The number of carbonyl (C=O) groups is 3. The fourth-order valence-corrected chi connectivity index (χ4v) is 1.87. The second-order valence-electron chi connectivity index (χ2n) is 3.53. The number of ketones is 1. The molecule has 1 aliphatic rings. The number of fused-ring (bicyclic) bond motifs is 1. The van der Waals surface area contributed by atoms with Crippen molar-refractivity contribution in [2.45, 2.75) is 6.42 Å². The number of nitrogens with one attached hydrogen (secondary N) is 1. The quantitative estimate of drug-likeness (QED) is 0.488. The highest BCUT2D eigenvalue weighted by Gasteiger charge is 2.25. The monoisotopic (exact) mass is 253 g/mol. The van der Waals surface area contributed by atoms with Gasteiger partial charge in [-0.1, -0.05) is 11.6 Å². The molecule has 0 saturated carbocycles. The van der Waals surface area contributed by atoms with Crippen LogP contribution in [0.25, 0.3) is 0 Å². The Bertz CT molecular complexity index is 539. The van der Waals surface area contributed by atoms with Crippen LogP contribution in [0.2, 0.25) is 5.02 Å². The molecule has 0 fully saturated rings. The fraction of sp³-hybridized carbons (Fsp3) is 0.182. The van der Waals surface area contributed by atoms with Gasteiger partial charge in [0.1, 0.15) is 0 Å². The first-order valence-corrected chi connectivity index (χ1v) is 5.15. The number of hydrogen-bond donors (Lipinski definition) is 1. The molecule has 1 aromatic carbocycles. The summed E-state index contributed by atoms with van der Waals surface area (Å²) in [5.74, 6) is -1.97. The maximum absolute atomic E-state index is 11.6. The van der Waals surface area contributed by atoms with Gasteiger partial charge in [-0.05, 0) is 17.7 Å². The van der Waals surface area contributed by atoms with Gasteiger partial charge < -0.3 is 10.1 Å². The second-order valence-corrected chi connectivity index (χ2v) is 3.94. The molecular weight excluding hydrogens is 246 g/mol. The number of Topliss-reactive ketones (excluding diaryl/α,β-unsaturated/α-hetero) is 1. The molecule has 0 unspecified atom stereocenters. The Kier molecular flexibility index (Phi) is 2.85. The van der Waals surface area contributed by atoms with Crippen LogP contribution >= 0.6 is 11.6 Å². The van der Waals surface area contributed by atoms with E-state index in [1.165, 1.54) is 12.1 Å². The van der Waals surface area contributed by atoms with Crippen LogP contribution in [-0.4, -0.2) is 24.8 Å². The molecular formula is C11H8ClNO4. The van der Waals surface area contributed by atoms with E-state index in [0.717, 1.165) is 7.11 Å². The van der Waals surface area contributed by atoms with E-state index in [4.69, 9.17) is 11.6 Å². The van der Waals surface area contributed by atoms with E-state index in [2.05, 4.69) is 10.1 Å². The number of hydrogen-bond acceptors (Lipinski definition) is 4. The number of benzene rings is 1. The molecule has 2 rings (SSSR count). The van der Waals surface area contributed by atoms with Crippen LogP contribution in [0.4, 0.5) is 5.69 Å². The van der Waals surface area contributed by atoms with Gasteiger partial charge >= 0.3 is 5.97 Å². The molecule has 1 amide bonds. The Morgan fingerprint density at radius 3 is 2.76 bits per heavy atom. The Hall–Kier alpha value is -1.88. The Morgan fingerprint density at radius 2 is 2.12 bits per heavy atom. The molecule has 0 atom stereocenters. The first-order chi connectivity index (χ1) is 8.02. The molecule has 0 aromatic heterocycles.